The molecule has 2 aromatic rings. The van der Waals surface area contributed by atoms with E-state index >= 15 is 0 Å². The van der Waals surface area contributed by atoms with Gasteiger partial charge in [-0.2, -0.15) is 0 Å². The fourth-order valence-corrected chi connectivity index (χ4v) is 4.07. The van der Waals surface area contributed by atoms with E-state index in [9.17, 15) is 18.8 Å². The van der Waals surface area contributed by atoms with Crippen LogP contribution in [0.25, 0.3) is 0 Å². The number of anilines is 2. The van der Waals surface area contributed by atoms with E-state index in [4.69, 9.17) is 5.11 Å². The molecule has 2 amide bonds. The SMILES string of the molecule is O=C(O)CCC(=O)Nc1cccc(SCC(=O)N2CCN(c3ccc(F)cc3)CC2)c1. The first-order chi connectivity index (χ1) is 14.9. The van der Waals surface area contributed by atoms with Gasteiger partial charge in [0.05, 0.1) is 12.2 Å². The highest BCUT2D eigenvalue weighted by Gasteiger charge is 2.21. The Morgan fingerprint density at radius 3 is 2.39 bits per heavy atom. The Hall–Kier alpha value is -3.07. The highest BCUT2D eigenvalue weighted by molar-refractivity contribution is 8.00. The molecule has 2 N–H and O–H groups in total. The van der Waals surface area contributed by atoms with Gasteiger partial charge in [-0.05, 0) is 42.5 Å². The van der Waals surface area contributed by atoms with Crippen LogP contribution < -0.4 is 10.2 Å². The van der Waals surface area contributed by atoms with E-state index in [-0.39, 0.29) is 36.2 Å². The quantitative estimate of drug-likeness (QED) is 0.607. The Labute approximate surface area is 184 Å². The normalized spacial score (nSPS) is 13.7. The van der Waals surface area contributed by atoms with Crippen LogP contribution in [0, 0.1) is 5.82 Å². The van der Waals surface area contributed by atoms with Crippen molar-refractivity contribution in [3.63, 3.8) is 0 Å². The van der Waals surface area contributed by atoms with Crippen molar-refractivity contribution in [2.75, 3.05) is 42.1 Å². The summed E-state index contributed by atoms with van der Waals surface area (Å²) in [6, 6.07) is 13.5. The summed E-state index contributed by atoms with van der Waals surface area (Å²) in [7, 11) is 0. The Bertz CT molecular complexity index is 931. The molecule has 0 atom stereocenters. The van der Waals surface area contributed by atoms with Gasteiger partial charge in [0.1, 0.15) is 5.82 Å². The van der Waals surface area contributed by atoms with Gasteiger partial charge >= 0.3 is 5.97 Å². The molecular weight excluding hydrogens is 421 g/mol. The Kier molecular flexibility index (Phi) is 7.88. The number of carboxylic acids is 1. The zero-order valence-corrected chi connectivity index (χ0v) is 17.7. The molecule has 0 unspecified atom stereocenters. The first-order valence-corrected chi connectivity index (χ1v) is 10.9. The number of carboxylic acid groups (broad SMARTS) is 1. The lowest BCUT2D eigenvalue weighted by Crippen LogP contribution is -2.49. The first kappa shape index (κ1) is 22.6. The van der Waals surface area contributed by atoms with Crippen molar-refractivity contribution in [3.8, 4) is 0 Å². The molecule has 0 aromatic heterocycles. The van der Waals surface area contributed by atoms with Gasteiger partial charge in [0, 0.05) is 48.9 Å². The van der Waals surface area contributed by atoms with Gasteiger partial charge in [0.15, 0.2) is 0 Å². The lowest BCUT2D eigenvalue weighted by molar-refractivity contribution is -0.138. The first-order valence-electron chi connectivity index (χ1n) is 9.93. The van der Waals surface area contributed by atoms with Crippen LogP contribution in [0.4, 0.5) is 15.8 Å². The second kappa shape index (κ2) is 10.8. The third-order valence-corrected chi connectivity index (χ3v) is 5.85. The summed E-state index contributed by atoms with van der Waals surface area (Å²) >= 11 is 1.39. The summed E-state index contributed by atoms with van der Waals surface area (Å²) in [5, 5.41) is 11.3. The van der Waals surface area contributed by atoms with Crippen LogP contribution in [0.3, 0.4) is 0 Å². The van der Waals surface area contributed by atoms with Crippen molar-refractivity contribution in [1.82, 2.24) is 4.90 Å². The molecule has 1 saturated heterocycles. The predicted molar refractivity (Wildman–Crippen MR) is 118 cm³/mol. The second-order valence-corrected chi connectivity index (χ2v) is 8.15. The molecule has 7 nitrogen and oxygen atoms in total. The third kappa shape index (κ3) is 6.99. The van der Waals surface area contributed by atoms with Crippen molar-refractivity contribution in [1.29, 1.82) is 0 Å². The average molecular weight is 446 g/mol. The van der Waals surface area contributed by atoms with Gasteiger partial charge < -0.3 is 20.2 Å². The Morgan fingerprint density at radius 2 is 1.71 bits per heavy atom. The van der Waals surface area contributed by atoms with Crippen molar-refractivity contribution < 1.29 is 23.9 Å². The number of halogens is 1. The molecule has 0 bridgehead atoms. The van der Waals surface area contributed by atoms with Gasteiger partial charge in [-0.25, -0.2) is 4.39 Å². The van der Waals surface area contributed by atoms with Crippen molar-refractivity contribution >= 4 is 40.9 Å². The summed E-state index contributed by atoms with van der Waals surface area (Å²) in [4.78, 5) is 39.7. The number of aliphatic carboxylic acids is 1. The number of amides is 2. The molecule has 1 aliphatic rings. The minimum Gasteiger partial charge on any atom is -0.481 e. The van der Waals surface area contributed by atoms with Crippen molar-refractivity contribution in [2.24, 2.45) is 0 Å². The molecule has 3 rings (SSSR count). The van der Waals surface area contributed by atoms with E-state index in [0.29, 0.717) is 31.9 Å². The Balaban J connectivity index is 1.45. The lowest BCUT2D eigenvalue weighted by Gasteiger charge is -2.36. The molecule has 0 saturated carbocycles. The number of carbonyl (C=O) groups is 3. The number of rotatable bonds is 8. The third-order valence-electron chi connectivity index (χ3n) is 4.87. The number of nitrogens with zero attached hydrogens (tertiary/aromatic N) is 2. The summed E-state index contributed by atoms with van der Waals surface area (Å²) in [5.41, 5.74) is 1.52. The number of hydrogen-bond donors (Lipinski definition) is 2. The number of hydrogen-bond acceptors (Lipinski definition) is 5. The monoisotopic (exact) mass is 445 g/mol. The van der Waals surface area contributed by atoms with E-state index in [1.165, 1.54) is 23.9 Å². The number of thioether (sulfide) groups is 1. The zero-order chi connectivity index (χ0) is 22.2. The minimum atomic E-state index is -1.02. The van der Waals surface area contributed by atoms with E-state index in [2.05, 4.69) is 10.2 Å². The highest BCUT2D eigenvalue weighted by atomic mass is 32.2. The van der Waals surface area contributed by atoms with Crippen molar-refractivity contribution in [3.05, 3.63) is 54.3 Å². The molecule has 0 spiro atoms. The van der Waals surface area contributed by atoms with Crippen LogP contribution in [0.2, 0.25) is 0 Å². The number of carbonyl (C=O) groups excluding carboxylic acids is 2. The van der Waals surface area contributed by atoms with Crippen LogP contribution in [0.1, 0.15) is 12.8 Å². The summed E-state index contributed by atoms with van der Waals surface area (Å²) in [6.45, 7) is 2.60. The maximum Gasteiger partial charge on any atom is 0.303 e. The second-order valence-electron chi connectivity index (χ2n) is 7.10. The largest absolute Gasteiger partial charge is 0.481 e. The fraction of sp³-hybridized carbons (Fsp3) is 0.318. The van der Waals surface area contributed by atoms with Gasteiger partial charge in [-0.15, -0.1) is 11.8 Å². The Morgan fingerprint density at radius 1 is 1.00 bits per heavy atom. The minimum absolute atomic E-state index is 0.0413. The molecule has 1 heterocycles. The van der Waals surface area contributed by atoms with Crippen LogP contribution in [-0.2, 0) is 14.4 Å². The molecule has 1 aliphatic heterocycles. The summed E-state index contributed by atoms with van der Waals surface area (Å²) in [5.74, 6) is -1.32. The van der Waals surface area contributed by atoms with Crippen LogP contribution in [-0.4, -0.2) is 59.7 Å². The molecule has 31 heavy (non-hydrogen) atoms. The summed E-state index contributed by atoms with van der Waals surface area (Å²) < 4.78 is 13.1. The topological polar surface area (TPSA) is 89.9 Å². The highest BCUT2D eigenvalue weighted by Crippen LogP contribution is 2.23. The molecular formula is C22H24FN3O4S. The molecule has 0 aliphatic carbocycles. The standard InChI is InChI=1S/C22H24FN3O4S/c23-16-4-6-18(7-5-16)25-10-12-26(13-11-25)21(28)15-31-19-3-1-2-17(14-19)24-20(27)8-9-22(29)30/h1-7,14H,8-13,15H2,(H,24,27)(H,29,30). The maximum atomic E-state index is 13.1. The average Bonchev–Trinajstić information content (AvgIpc) is 2.77. The number of piperazine rings is 1. The fourth-order valence-electron chi connectivity index (χ4n) is 3.21. The molecule has 1 fully saturated rings. The van der Waals surface area contributed by atoms with Crippen LogP contribution in [0.5, 0.6) is 0 Å². The van der Waals surface area contributed by atoms with Crippen LogP contribution >= 0.6 is 11.8 Å². The predicted octanol–water partition coefficient (Wildman–Crippen LogP) is 3.07. The number of nitrogens with one attached hydrogen (secondary N) is 1. The molecule has 9 heteroatoms. The lowest BCUT2D eigenvalue weighted by atomic mass is 10.2. The molecule has 164 valence electrons. The van der Waals surface area contributed by atoms with Crippen LogP contribution in [0.15, 0.2) is 53.4 Å². The molecule has 2 aromatic carbocycles. The summed E-state index contributed by atoms with van der Waals surface area (Å²) in [6.07, 6.45) is -0.307. The van der Waals surface area contributed by atoms with Gasteiger partial charge in [-0.3, -0.25) is 14.4 Å². The van der Waals surface area contributed by atoms with E-state index in [1.54, 1.807) is 30.3 Å². The van der Waals surface area contributed by atoms with E-state index in [1.807, 2.05) is 11.0 Å². The van der Waals surface area contributed by atoms with Gasteiger partial charge in [-0.1, -0.05) is 6.07 Å². The van der Waals surface area contributed by atoms with E-state index < -0.39 is 5.97 Å². The van der Waals surface area contributed by atoms with Crippen molar-refractivity contribution in [2.45, 2.75) is 17.7 Å². The smallest absolute Gasteiger partial charge is 0.303 e. The van der Waals surface area contributed by atoms with Gasteiger partial charge in [0.25, 0.3) is 0 Å². The molecule has 0 radical (unpaired) electrons. The van der Waals surface area contributed by atoms with E-state index in [0.717, 1.165) is 10.6 Å². The number of benzene rings is 2. The zero-order valence-electron chi connectivity index (χ0n) is 16.9. The van der Waals surface area contributed by atoms with Gasteiger partial charge in [0.2, 0.25) is 11.8 Å². The maximum absolute atomic E-state index is 13.1.